The van der Waals surface area contributed by atoms with Crippen LogP contribution in [0.2, 0.25) is 0 Å². The van der Waals surface area contributed by atoms with Crippen molar-refractivity contribution in [1.82, 2.24) is 5.32 Å². The Balaban J connectivity index is 2.28. The van der Waals surface area contributed by atoms with Gasteiger partial charge in [-0.2, -0.15) is 0 Å². The summed E-state index contributed by atoms with van der Waals surface area (Å²) >= 11 is 3.52. The van der Waals surface area contributed by atoms with Gasteiger partial charge in [0.05, 0.1) is 17.8 Å². The molecule has 86 valence electrons. The molecule has 1 saturated heterocycles. The summed E-state index contributed by atoms with van der Waals surface area (Å²) in [5.74, 6) is 0.0759. The van der Waals surface area contributed by atoms with Gasteiger partial charge in [-0.1, -0.05) is 12.1 Å². The number of rotatable bonds is 1. The molecule has 4 heteroatoms. The third-order valence-electron chi connectivity index (χ3n) is 2.59. The smallest absolute Gasteiger partial charge is 0.239 e. The highest BCUT2D eigenvalue weighted by molar-refractivity contribution is 9.10. The number of halogens is 1. The van der Waals surface area contributed by atoms with Gasteiger partial charge in [-0.25, -0.2) is 0 Å². The minimum Gasteiger partial charge on any atom is -0.359 e. The monoisotopic (exact) mass is 282 g/mol. The molecule has 0 aromatic heterocycles. The molecule has 1 aromatic carbocycles. The molecule has 1 amide bonds. The number of nitrogens with one attached hydrogen (secondary N) is 1. The number of carbonyl (C=O) groups is 1. The van der Waals surface area contributed by atoms with E-state index in [9.17, 15) is 4.79 Å². The van der Waals surface area contributed by atoms with Gasteiger partial charge in [0.15, 0.2) is 0 Å². The molecule has 16 heavy (non-hydrogen) atoms. The van der Waals surface area contributed by atoms with Gasteiger partial charge in [0.2, 0.25) is 5.91 Å². The van der Waals surface area contributed by atoms with Gasteiger partial charge >= 0.3 is 0 Å². The molecule has 0 aliphatic carbocycles. The molecular weight excluding hydrogens is 268 g/mol. The molecule has 1 aromatic rings. The second-order valence-electron chi connectivity index (χ2n) is 4.74. The van der Waals surface area contributed by atoms with Gasteiger partial charge < -0.3 is 10.2 Å². The van der Waals surface area contributed by atoms with Crippen molar-refractivity contribution in [2.45, 2.75) is 19.4 Å². The van der Waals surface area contributed by atoms with Gasteiger partial charge in [-0.15, -0.1) is 0 Å². The Morgan fingerprint density at radius 2 is 2.06 bits per heavy atom. The van der Waals surface area contributed by atoms with E-state index in [4.69, 9.17) is 0 Å². The van der Waals surface area contributed by atoms with E-state index < -0.39 is 0 Å². The Labute approximate surface area is 104 Å². The predicted molar refractivity (Wildman–Crippen MR) is 68.6 cm³/mol. The second kappa shape index (κ2) is 4.09. The summed E-state index contributed by atoms with van der Waals surface area (Å²) in [7, 11) is 0. The number of carbonyl (C=O) groups excluding carboxylic acids is 1. The first-order valence-corrected chi connectivity index (χ1v) is 6.08. The summed E-state index contributed by atoms with van der Waals surface area (Å²) in [5, 5.41) is 2.98. The summed E-state index contributed by atoms with van der Waals surface area (Å²) in [4.78, 5) is 13.7. The lowest BCUT2D eigenvalue weighted by Crippen LogP contribution is -2.60. The van der Waals surface area contributed by atoms with Gasteiger partial charge in [0.1, 0.15) is 0 Å². The Morgan fingerprint density at radius 3 is 2.69 bits per heavy atom. The molecule has 2 rings (SSSR count). The molecule has 1 fully saturated rings. The van der Waals surface area contributed by atoms with E-state index in [0.29, 0.717) is 6.54 Å². The van der Waals surface area contributed by atoms with E-state index in [1.54, 1.807) is 0 Å². The molecule has 0 unspecified atom stereocenters. The Morgan fingerprint density at radius 1 is 1.38 bits per heavy atom. The van der Waals surface area contributed by atoms with Crippen LogP contribution in [0.1, 0.15) is 13.8 Å². The largest absolute Gasteiger partial charge is 0.359 e. The Hall–Kier alpha value is -1.03. The molecule has 0 radical (unpaired) electrons. The molecule has 0 atom stereocenters. The third-order valence-corrected chi connectivity index (χ3v) is 3.26. The van der Waals surface area contributed by atoms with Crippen LogP contribution >= 0.6 is 15.9 Å². The quantitative estimate of drug-likeness (QED) is 0.856. The molecule has 0 spiro atoms. The van der Waals surface area contributed by atoms with Crippen LogP contribution in [0, 0.1) is 0 Å². The van der Waals surface area contributed by atoms with E-state index in [0.717, 1.165) is 16.7 Å². The number of hydrogen-bond acceptors (Lipinski definition) is 2. The van der Waals surface area contributed by atoms with Gasteiger partial charge in [-0.3, -0.25) is 4.79 Å². The maximum absolute atomic E-state index is 11.6. The zero-order valence-electron chi connectivity index (χ0n) is 9.46. The van der Waals surface area contributed by atoms with Crippen molar-refractivity contribution < 1.29 is 4.79 Å². The molecule has 0 bridgehead atoms. The van der Waals surface area contributed by atoms with Crippen LogP contribution in [0.15, 0.2) is 28.7 Å². The number of nitrogens with zero attached hydrogens (tertiary/aromatic N) is 1. The fourth-order valence-corrected chi connectivity index (χ4v) is 2.58. The molecule has 0 saturated carbocycles. The van der Waals surface area contributed by atoms with Gasteiger partial charge in [-0.05, 0) is 41.9 Å². The fraction of sp³-hybridized carbons (Fsp3) is 0.417. The zero-order chi connectivity index (χ0) is 11.8. The number of amides is 1. The van der Waals surface area contributed by atoms with Crippen LogP contribution < -0.4 is 10.2 Å². The van der Waals surface area contributed by atoms with Crippen LogP contribution in [0.25, 0.3) is 0 Å². The fourth-order valence-electron chi connectivity index (χ4n) is 2.04. The number of anilines is 1. The van der Waals surface area contributed by atoms with Crippen LogP contribution in [-0.2, 0) is 4.79 Å². The van der Waals surface area contributed by atoms with E-state index in [1.807, 2.05) is 38.1 Å². The topological polar surface area (TPSA) is 32.3 Å². The first-order valence-electron chi connectivity index (χ1n) is 5.28. The summed E-state index contributed by atoms with van der Waals surface area (Å²) in [6, 6.07) is 7.98. The average Bonchev–Trinajstić information content (AvgIpc) is 2.15. The van der Waals surface area contributed by atoms with Gasteiger partial charge in [0, 0.05) is 11.0 Å². The van der Waals surface area contributed by atoms with Crippen molar-refractivity contribution in [3.8, 4) is 0 Å². The lowest BCUT2D eigenvalue weighted by atomic mass is 10.0. The summed E-state index contributed by atoms with van der Waals surface area (Å²) in [6.45, 7) is 5.31. The molecule has 1 aliphatic heterocycles. The van der Waals surface area contributed by atoms with Crippen molar-refractivity contribution in [3.05, 3.63) is 28.7 Å². The molecule has 1 heterocycles. The van der Waals surface area contributed by atoms with Crippen molar-refractivity contribution in [2.75, 3.05) is 18.0 Å². The third kappa shape index (κ3) is 2.38. The average molecular weight is 283 g/mol. The van der Waals surface area contributed by atoms with Crippen molar-refractivity contribution in [2.24, 2.45) is 0 Å². The SMILES string of the molecule is CC1(C)CN(c2ccccc2Br)CC(=O)N1. The van der Waals surface area contributed by atoms with E-state index in [1.165, 1.54) is 0 Å². The van der Waals surface area contributed by atoms with Crippen molar-refractivity contribution in [1.29, 1.82) is 0 Å². The molecule has 1 N–H and O–H groups in total. The standard InChI is InChI=1S/C12H15BrN2O/c1-12(2)8-15(7-11(16)14-12)10-6-4-3-5-9(10)13/h3-6H,7-8H2,1-2H3,(H,14,16). The lowest BCUT2D eigenvalue weighted by Gasteiger charge is -2.40. The number of piperazine rings is 1. The second-order valence-corrected chi connectivity index (χ2v) is 5.59. The predicted octanol–water partition coefficient (Wildman–Crippen LogP) is 2.16. The maximum Gasteiger partial charge on any atom is 0.239 e. The van der Waals surface area contributed by atoms with Crippen LogP contribution in [-0.4, -0.2) is 24.5 Å². The van der Waals surface area contributed by atoms with Gasteiger partial charge in [0.25, 0.3) is 0 Å². The highest BCUT2D eigenvalue weighted by Crippen LogP contribution is 2.28. The first kappa shape index (κ1) is 11.5. The lowest BCUT2D eigenvalue weighted by molar-refractivity contribution is -0.122. The molecular formula is C12H15BrN2O. The Bertz CT molecular complexity index is 417. The number of benzene rings is 1. The van der Waals surface area contributed by atoms with E-state index in [-0.39, 0.29) is 11.4 Å². The molecule has 1 aliphatic rings. The summed E-state index contributed by atoms with van der Waals surface area (Å²) < 4.78 is 1.03. The van der Waals surface area contributed by atoms with Crippen molar-refractivity contribution >= 4 is 27.5 Å². The van der Waals surface area contributed by atoms with Crippen LogP contribution in [0.5, 0.6) is 0 Å². The summed E-state index contributed by atoms with van der Waals surface area (Å²) in [6.07, 6.45) is 0. The highest BCUT2D eigenvalue weighted by Gasteiger charge is 2.30. The highest BCUT2D eigenvalue weighted by atomic mass is 79.9. The minimum absolute atomic E-state index is 0.0759. The van der Waals surface area contributed by atoms with E-state index in [2.05, 4.69) is 26.1 Å². The van der Waals surface area contributed by atoms with Crippen LogP contribution in [0.3, 0.4) is 0 Å². The molecule has 3 nitrogen and oxygen atoms in total. The zero-order valence-corrected chi connectivity index (χ0v) is 11.0. The van der Waals surface area contributed by atoms with Crippen LogP contribution in [0.4, 0.5) is 5.69 Å². The number of hydrogen-bond donors (Lipinski definition) is 1. The Kier molecular flexibility index (Phi) is 2.93. The normalized spacial score (nSPS) is 19.4. The first-order chi connectivity index (χ1) is 7.48. The van der Waals surface area contributed by atoms with Crippen molar-refractivity contribution in [3.63, 3.8) is 0 Å². The maximum atomic E-state index is 11.6. The van der Waals surface area contributed by atoms with E-state index >= 15 is 0 Å². The number of para-hydroxylation sites is 1. The summed E-state index contributed by atoms with van der Waals surface area (Å²) in [5.41, 5.74) is 0.898. The minimum atomic E-state index is -0.176.